The van der Waals surface area contributed by atoms with E-state index in [2.05, 4.69) is 21.3 Å². The van der Waals surface area contributed by atoms with Gasteiger partial charge in [0.15, 0.2) is 0 Å². The molecule has 1 aromatic heterocycles. The molecule has 0 saturated carbocycles. The van der Waals surface area contributed by atoms with Gasteiger partial charge in [-0.05, 0) is 31.0 Å². The number of hydrogen-bond acceptors (Lipinski definition) is 4. The summed E-state index contributed by atoms with van der Waals surface area (Å²) < 4.78 is 0. The van der Waals surface area contributed by atoms with Crippen LogP contribution in [0.15, 0.2) is 40.0 Å². The van der Waals surface area contributed by atoms with Crippen molar-refractivity contribution >= 4 is 22.2 Å². The van der Waals surface area contributed by atoms with E-state index in [-0.39, 0.29) is 0 Å². The summed E-state index contributed by atoms with van der Waals surface area (Å²) in [5, 5.41) is 10.8. The van der Waals surface area contributed by atoms with Crippen molar-refractivity contribution in [3.8, 4) is 0 Å². The average molecular weight is 217 g/mol. The summed E-state index contributed by atoms with van der Waals surface area (Å²) in [4.78, 5) is 4.04. The van der Waals surface area contributed by atoms with Crippen molar-refractivity contribution in [3.05, 3.63) is 40.9 Å². The predicted molar refractivity (Wildman–Crippen MR) is 62.2 cm³/mol. The van der Waals surface area contributed by atoms with Gasteiger partial charge in [-0.1, -0.05) is 12.1 Å². The summed E-state index contributed by atoms with van der Waals surface area (Å²) >= 11 is 1.48. The Hall–Kier alpha value is -1.55. The molecule has 0 unspecified atom stereocenters. The Morgan fingerprint density at radius 3 is 2.80 bits per heavy atom. The van der Waals surface area contributed by atoms with Gasteiger partial charge in [-0.2, -0.15) is 0 Å². The zero-order valence-corrected chi connectivity index (χ0v) is 9.45. The number of azo groups is 1. The first-order valence-corrected chi connectivity index (χ1v) is 5.52. The van der Waals surface area contributed by atoms with Crippen molar-refractivity contribution in [3.63, 3.8) is 0 Å². The van der Waals surface area contributed by atoms with Gasteiger partial charge < -0.3 is 0 Å². The highest BCUT2D eigenvalue weighted by Gasteiger charge is 1.97. The predicted octanol–water partition coefficient (Wildman–Crippen LogP) is 4.18. The van der Waals surface area contributed by atoms with Crippen molar-refractivity contribution in [1.82, 2.24) is 4.98 Å². The maximum Gasteiger partial charge on any atom is 0.229 e. The fourth-order valence-corrected chi connectivity index (χ4v) is 1.64. The molecule has 0 bridgehead atoms. The van der Waals surface area contributed by atoms with Gasteiger partial charge in [0.05, 0.1) is 5.69 Å². The smallest absolute Gasteiger partial charge is 0.226 e. The minimum absolute atomic E-state index is 0.691. The largest absolute Gasteiger partial charge is 0.229 e. The number of aromatic nitrogens is 1. The van der Waals surface area contributed by atoms with E-state index in [0.29, 0.717) is 5.13 Å². The van der Waals surface area contributed by atoms with Gasteiger partial charge in [-0.25, -0.2) is 4.98 Å². The van der Waals surface area contributed by atoms with Crippen LogP contribution in [0.3, 0.4) is 0 Å². The van der Waals surface area contributed by atoms with Crippen molar-refractivity contribution in [2.24, 2.45) is 10.2 Å². The molecule has 3 nitrogen and oxygen atoms in total. The fourth-order valence-electron chi connectivity index (χ4n) is 1.19. The second-order valence-electron chi connectivity index (χ2n) is 3.30. The van der Waals surface area contributed by atoms with Crippen molar-refractivity contribution < 1.29 is 0 Å². The van der Waals surface area contributed by atoms with Crippen LogP contribution in [0.5, 0.6) is 0 Å². The van der Waals surface area contributed by atoms with E-state index in [1.165, 1.54) is 16.9 Å². The third-order valence-electron chi connectivity index (χ3n) is 2.03. The summed E-state index contributed by atoms with van der Waals surface area (Å²) in [7, 11) is 0. The van der Waals surface area contributed by atoms with E-state index in [0.717, 1.165) is 11.3 Å². The number of nitrogens with zero attached hydrogens (tertiary/aromatic N) is 3. The molecule has 2 aromatic rings. The first-order valence-electron chi connectivity index (χ1n) is 4.64. The molecule has 15 heavy (non-hydrogen) atoms. The monoisotopic (exact) mass is 217 g/mol. The number of benzene rings is 1. The topological polar surface area (TPSA) is 37.6 Å². The molecule has 2 rings (SSSR count). The summed E-state index contributed by atoms with van der Waals surface area (Å²) in [5.41, 5.74) is 3.22. The molecule has 0 amide bonds. The molecule has 0 spiro atoms. The van der Waals surface area contributed by atoms with Crippen LogP contribution in [0.4, 0.5) is 10.8 Å². The molecule has 0 N–H and O–H groups in total. The van der Waals surface area contributed by atoms with Crippen molar-refractivity contribution in [1.29, 1.82) is 0 Å². The second kappa shape index (κ2) is 4.31. The molecule has 0 aliphatic heterocycles. The van der Waals surface area contributed by atoms with E-state index < -0.39 is 0 Å². The normalized spacial score (nSPS) is 11.1. The van der Waals surface area contributed by atoms with Crippen LogP contribution >= 0.6 is 11.3 Å². The summed E-state index contributed by atoms with van der Waals surface area (Å²) in [6.07, 6.45) is 1.72. The van der Waals surface area contributed by atoms with Crippen LogP contribution in [0.25, 0.3) is 0 Å². The third kappa shape index (κ3) is 2.47. The number of aryl methyl sites for hydroxylation is 2. The van der Waals surface area contributed by atoms with Crippen molar-refractivity contribution in [2.75, 3.05) is 0 Å². The van der Waals surface area contributed by atoms with Crippen LogP contribution in [0.2, 0.25) is 0 Å². The van der Waals surface area contributed by atoms with E-state index in [4.69, 9.17) is 0 Å². The Morgan fingerprint density at radius 2 is 2.07 bits per heavy atom. The number of rotatable bonds is 2. The molecule has 76 valence electrons. The quantitative estimate of drug-likeness (QED) is 0.695. The highest BCUT2D eigenvalue weighted by Crippen LogP contribution is 2.23. The van der Waals surface area contributed by atoms with E-state index >= 15 is 0 Å². The Balaban J connectivity index is 2.27. The Labute approximate surface area is 92.5 Å². The van der Waals surface area contributed by atoms with Crippen LogP contribution in [0, 0.1) is 13.8 Å². The molecule has 0 aliphatic carbocycles. The van der Waals surface area contributed by atoms with Gasteiger partial charge in [0.1, 0.15) is 0 Å². The molecular weight excluding hydrogens is 206 g/mol. The molecule has 0 aliphatic rings. The minimum atomic E-state index is 0.691. The van der Waals surface area contributed by atoms with Crippen LogP contribution in [0.1, 0.15) is 11.1 Å². The molecular formula is C11H11N3S. The molecule has 0 radical (unpaired) electrons. The van der Waals surface area contributed by atoms with Crippen LogP contribution in [-0.4, -0.2) is 4.98 Å². The fraction of sp³-hybridized carbons (Fsp3) is 0.182. The zero-order chi connectivity index (χ0) is 10.7. The lowest BCUT2D eigenvalue weighted by molar-refractivity contribution is 1.18. The number of hydrogen-bond donors (Lipinski definition) is 0. The number of thiazole rings is 1. The lowest BCUT2D eigenvalue weighted by atomic mass is 10.1. The third-order valence-corrected chi connectivity index (χ3v) is 2.68. The van der Waals surface area contributed by atoms with Gasteiger partial charge in [-0.3, -0.25) is 0 Å². The SMILES string of the molecule is Cc1ccc(C)c(N=Nc2nccs2)c1. The average Bonchev–Trinajstić information content (AvgIpc) is 2.72. The van der Waals surface area contributed by atoms with Gasteiger partial charge in [0.2, 0.25) is 5.13 Å². The molecule has 0 saturated heterocycles. The second-order valence-corrected chi connectivity index (χ2v) is 4.18. The molecule has 0 atom stereocenters. The Morgan fingerprint density at radius 1 is 1.20 bits per heavy atom. The van der Waals surface area contributed by atoms with Crippen LogP contribution < -0.4 is 0 Å². The van der Waals surface area contributed by atoms with Gasteiger partial charge in [-0.15, -0.1) is 21.6 Å². The lowest BCUT2D eigenvalue weighted by Crippen LogP contribution is -1.75. The summed E-state index contributed by atoms with van der Waals surface area (Å²) in [6, 6.07) is 6.13. The first-order chi connectivity index (χ1) is 7.25. The van der Waals surface area contributed by atoms with E-state index in [1.54, 1.807) is 6.20 Å². The molecule has 1 heterocycles. The molecule has 4 heteroatoms. The minimum Gasteiger partial charge on any atom is -0.226 e. The molecule has 0 fully saturated rings. The van der Waals surface area contributed by atoms with Crippen molar-refractivity contribution in [2.45, 2.75) is 13.8 Å². The zero-order valence-electron chi connectivity index (χ0n) is 8.64. The maximum atomic E-state index is 4.18. The van der Waals surface area contributed by atoms with Gasteiger partial charge in [0, 0.05) is 11.6 Å². The van der Waals surface area contributed by atoms with Crippen LogP contribution in [-0.2, 0) is 0 Å². The summed E-state index contributed by atoms with van der Waals surface area (Å²) in [6.45, 7) is 4.07. The highest BCUT2D eigenvalue weighted by molar-refractivity contribution is 7.13. The lowest BCUT2D eigenvalue weighted by Gasteiger charge is -1.98. The molecule has 1 aromatic carbocycles. The maximum absolute atomic E-state index is 4.18. The van der Waals surface area contributed by atoms with E-state index in [1.807, 2.05) is 31.4 Å². The Kier molecular flexibility index (Phi) is 2.87. The summed E-state index contributed by atoms with van der Waals surface area (Å²) in [5.74, 6) is 0. The van der Waals surface area contributed by atoms with Gasteiger partial charge >= 0.3 is 0 Å². The Bertz CT molecular complexity index is 475. The highest BCUT2D eigenvalue weighted by atomic mass is 32.1. The van der Waals surface area contributed by atoms with Gasteiger partial charge in [0.25, 0.3) is 0 Å². The first kappa shape index (κ1) is 9.98. The standard InChI is InChI=1S/C11H11N3S/c1-8-3-4-9(2)10(7-8)13-14-11-12-5-6-15-11/h3-7H,1-2H3. The van der Waals surface area contributed by atoms with E-state index in [9.17, 15) is 0 Å².